The Morgan fingerprint density at radius 2 is 2.08 bits per heavy atom. The maximum atomic E-state index is 12.5. The Hall–Kier alpha value is -3.02. The Morgan fingerprint density at radius 3 is 2.88 bits per heavy atom. The van der Waals surface area contributed by atoms with Gasteiger partial charge >= 0.3 is 0 Å². The van der Waals surface area contributed by atoms with Gasteiger partial charge in [0.1, 0.15) is 11.5 Å². The van der Waals surface area contributed by atoms with E-state index in [1.165, 1.54) is 7.11 Å². The molecule has 0 saturated carbocycles. The lowest BCUT2D eigenvalue weighted by molar-refractivity contribution is -0.118. The van der Waals surface area contributed by atoms with E-state index in [0.717, 1.165) is 5.56 Å². The first-order valence-electron chi connectivity index (χ1n) is 7.59. The summed E-state index contributed by atoms with van der Waals surface area (Å²) in [6, 6.07) is 12.3. The normalized spacial score (nSPS) is 14.0. The zero-order chi connectivity index (χ0) is 17.1. The van der Waals surface area contributed by atoms with Gasteiger partial charge in [0.05, 0.1) is 24.4 Å². The number of anilines is 1. The number of carbonyl (C=O) groups excluding carboxylic acids is 2. The van der Waals surface area contributed by atoms with E-state index in [0.29, 0.717) is 22.7 Å². The number of para-hydroxylation sites is 1. The van der Waals surface area contributed by atoms with Crippen LogP contribution in [-0.2, 0) is 4.79 Å². The molecule has 2 N–H and O–H groups in total. The lowest BCUT2D eigenvalue weighted by Gasteiger charge is -2.21. The molecule has 0 unspecified atom stereocenters. The Morgan fingerprint density at radius 1 is 1.29 bits per heavy atom. The van der Waals surface area contributed by atoms with Crippen LogP contribution in [0.15, 0.2) is 42.5 Å². The third kappa shape index (κ3) is 3.17. The minimum absolute atomic E-state index is 0.0203. The first-order chi connectivity index (χ1) is 11.6. The van der Waals surface area contributed by atoms with Crippen LogP contribution in [0.25, 0.3) is 0 Å². The molecule has 2 aromatic carbocycles. The first-order valence-corrected chi connectivity index (χ1v) is 7.59. The average molecular weight is 326 g/mol. The minimum atomic E-state index is -0.244. The molecule has 0 saturated heterocycles. The predicted octanol–water partition coefficient (Wildman–Crippen LogP) is 2.52. The van der Waals surface area contributed by atoms with Gasteiger partial charge in [-0.15, -0.1) is 0 Å². The maximum absolute atomic E-state index is 12.5. The van der Waals surface area contributed by atoms with Gasteiger partial charge in [0.2, 0.25) is 0 Å². The van der Waals surface area contributed by atoms with Gasteiger partial charge in [-0.05, 0) is 36.8 Å². The van der Waals surface area contributed by atoms with E-state index in [4.69, 9.17) is 9.47 Å². The van der Waals surface area contributed by atoms with Crippen molar-refractivity contribution in [3.8, 4) is 11.5 Å². The molecule has 1 aliphatic heterocycles. The summed E-state index contributed by atoms with van der Waals surface area (Å²) in [5.74, 6) is 0.734. The van der Waals surface area contributed by atoms with Crippen LogP contribution in [0, 0.1) is 0 Å². The summed E-state index contributed by atoms with van der Waals surface area (Å²) in [5, 5.41) is 5.69. The molecule has 0 radical (unpaired) electrons. The van der Waals surface area contributed by atoms with Crippen LogP contribution in [-0.4, -0.2) is 25.5 Å². The number of hydrogen-bond donors (Lipinski definition) is 2. The largest absolute Gasteiger partial charge is 0.496 e. The number of methoxy groups -OCH3 is 1. The monoisotopic (exact) mass is 326 g/mol. The van der Waals surface area contributed by atoms with Gasteiger partial charge in [-0.2, -0.15) is 0 Å². The van der Waals surface area contributed by atoms with Crippen LogP contribution in [0.2, 0.25) is 0 Å². The summed E-state index contributed by atoms with van der Waals surface area (Å²) in [7, 11) is 1.53. The van der Waals surface area contributed by atoms with Crippen molar-refractivity contribution in [2.24, 2.45) is 0 Å². The van der Waals surface area contributed by atoms with Crippen LogP contribution in [0.3, 0.4) is 0 Å². The van der Waals surface area contributed by atoms with Crippen LogP contribution >= 0.6 is 0 Å². The van der Waals surface area contributed by atoms with Gasteiger partial charge in [0.15, 0.2) is 6.61 Å². The number of benzene rings is 2. The van der Waals surface area contributed by atoms with Gasteiger partial charge in [-0.1, -0.05) is 18.2 Å². The fourth-order valence-electron chi connectivity index (χ4n) is 2.56. The molecule has 1 heterocycles. The van der Waals surface area contributed by atoms with Crippen LogP contribution in [0.5, 0.6) is 11.5 Å². The van der Waals surface area contributed by atoms with E-state index < -0.39 is 0 Å². The summed E-state index contributed by atoms with van der Waals surface area (Å²) in [4.78, 5) is 23.9. The fraction of sp³-hybridized carbons (Fsp3) is 0.222. The Labute approximate surface area is 139 Å². The number of carbonyl (C=O) groups is 2. The summed E-state index contributed by atoms with van der Waals surface area (Å²) in [6.07, 6.45) is 0. The van der Waals surface area contributed by atoms with E-state index in [1.54, 1.807) is 30.3 Å². The molecule has 2 aromatic rings. The molecule has 6 nitrogen and oxygen atoms in total. The number of amides is 2. The molecule has 24 heavy (non-hydrogen) atoms. The Kier molecular flexibility index (Phi) is 4.37. The topological polar surface area (TPSA) is 76.7 Å². The van der Waals surface area contributed by atoms with Crippen molar-refractivity contribution < 1.29 is 19.1 Å². The second-order valence-corrected chi connectivity index (χ2v) is 5.49. The summed E-state index contributed by atoms with van der Waals surface area (Å²) < 4.78 is 10.6. The summed E-state index contributed by atoms with van der Waals surface area (Å²) in [6.45, 7) is 1.90. The highest BCUT2D eigenvalue weighted by Crippen LogP contribution is 2.30. The van der Waals surface area contributed by atoms with E-state index >= 15 is 0 Å². The predicted molar refractivity (Wildman–Crippen MR) is 89.4 cm³/mol. The minimum Gasteiger partial charge on any atom is -0.496 e. The van der Waals surface area contributed by atoms with Gasteiger partial charge in [0.25, 0.3) is 11.8 Å². The van der Waals surface area contributed by atoms with Crippen molar-refractivity contribution in [1.82, 2.24) is 5.32 Å². The van der Waals surface area contributed by atoms with Crippen molar-refractivity contribution in [3.63, 3.8) is 0 Å². The molecule has 3 rings (SSSR count). The van der Waals surface area contributed by atoms with Crippen LogP contribution in [0.4, 0.5) is 5.69 Å². The van der Waals surface area contributed by atoms with E-state index in [-0.39, 0.29) is 24.5 Å². The molecule has 0 aromatic heterocycles. The number of nitrogens with one attached hydrogen (secondary N) is 2. The molecule has 6 heteroatoms. The lowest BCUT2D eigenvalue weighted by Crippen LogP contribution is -2.28. The molecule has 1 aliphatic rings. The highest BCUT2D eigenvalue weighted by molar-refractivity contribution is 5.97. The molecule has 124 valence electrons. The quantitative estimate of drug-likeness (QED) is 0.905. The molecule has 0 aliphatic carbocycles. The zero-order valence-electron chi connectivity index (χ0n) is 13.5. The highest BCUT2D eigenvalue weighted by Gasteiger charge is 2.19. The van der Waals surface area contributed by atoms with Crippen molar-refractivity contribution in [2.75, 3.05) is 19.0 Å². The van der Waals surface area contributed by atoms with Crippen LogP contribution in [0.1, 0.15) is 28.9 Å². The van der Waals surface area contributed by atoms with E-state index in [1.807, 2.05) is 19.1 Å². The second kappa shape index (κ2) is 6.62. The van der Waals surface area contributed by atoms with E-state index in [9.17, 15) is 9.59 Å². The maximum Gasteiger partial charge on any atom is 0.262 e. The fourth-order valence-corrected chi connectivity index (χ4v) is 2.56. The molecule has 0 bridgehead atoms. The first kappa shape index (κ1) is 15.9. The number of rotatable bonds is 4. The molecule has 0 fully saturated rings. The van der Waals surface area contributed by atoms with Crippen molar-refractivity contribution in [3.05, 3.63) is 53.6 Å². The van der Waals surface area contributed by atoms with Crippen molar-refractivity contribution in [2.45, 2.75) is 13.0 Å². The zero-order valence-corrected chi connectivity index (χ0v) is 13.5. The number of ether oxygens (including phenoxy) is 2. The van der Waals surface area contributed by atoms with Gasteiger partial charge in [-0.3, -0.25) is 9.59 Å². The van der Waals surface area contributed by atoms with Gasteiger partial charge in [0, 0.05) is 0 Å². The molecule has 1 atom stereocenters. The lowest BCUT2D eigenvalue weighted by atomic mass is 10.1. The third-order valence-electron chi connectivity index (χ3n) is 3.84. The molecule has 0 spiro atoms. The Bertz CT molecular complexity index is 788. The highest BCUT2D eigenvalue weighted by atomic mass is 16.5. The van der Waals surface area contributed by atoms with Crippen molar-refractivity contribution >= 4 is 17.5 Å². The second-order valence-electron chi connectivity index (χ2n) is 5.49. The summed E-state index contributed by atoms with van der Waals surface area (Å²) in [5.41, 5.74) is 1.95. The van der Waals surface area contributed by atoms with Gasteiger partial charge < -0.3 is 20.1 Å². The van der Waals surface area contributed by atoms with Crippen LogP contribution < -0.4 is 20.1 Å². The van der Waals surface area contributed by atoms with Gasteiger partial charge in [-0.25, -0.2) is 0 Å². The van der Waals surface area contributed by atoms with E-state index in [2.05, 4.69) is 10.6 Å². The average Bonchev–Trinajstić information content (AvgIpc) is 2.60. The number of fused-ring (bicyclic) bond motifs is 1. The standard InChI is InChI=1S/C18H18N2O4/c1-11(19-18(22)13-5-3-4-6-15(13)23-2)12-7-8-16-14(9-12)20-17(21)10-24-16/h3-9,11H,10H2,1-2H3,(H,19,22)(H,20,21)/t11-/m0/s1. The molecular weight excluding hydrogens is 308 g/mol. The summed E-state index contributed by atoms with van der Waals surface area (Å²) >= 11 is 0. The SMILES string of the molecule is COc1ccccc1C(=O)N[C@@H](C)c1ccc2c(c1)NC(=O)CO2. The third-order valence-corrected chi connectivity index (χ3v) is 3.84. The number of hydrogen-bond acceptors (Lipinski definition) is 4. The molecule has 2 amide bonds. The Balaban J connectivity index is 1.77. The van der Waals surface area contributed by atoms with Crippen molar-refractivity contribution in [1.29, 1.82) is 0 Å². The molecular formula is C18H18N2O4. The smallest absolute Gasteiger partial charge is 0.262 e.